The molecule has 0 saturated heterocycles. The van der Waals surface area contributed by atoms with E-state index < -0.39 is 0 Å². The summed E-state index contributed by atoms with van der Waals surface area (Å²) in [4.78, 5) is 11.7. The minimum Gasteiger partial charge on any atom is -0.496 e. The van der Waals surface area contributed by atoms with Crippen LogP contribution in [0, 0.1) is 5.41 Å². The van der Waals surface area contributed by atoms with Crippen LogP contribution in [0.5, 0.6) is 5.75 Å². The first kappa shape index (κ1) is 15.2. The third-order valence-electron chi connectivity index (χ3n) is 2.45. The summed E-state index contributed by atoms with van der Waals surface area (Å²) in [6.45, 7) is 5.93. The van der Waals surface area contributed by atoms with Crippen molar-refractivity contribution < 1.29 is 14.6 Å². The minimum absolute atomic E-state index is 0.0342. The van der Waals surface area contributed by atoms with Crippen LogP contribution in [0.25, 0.3) is 0 Å². The highest BCUT2D eigenvalue weighted by Gasteiger charge is 2.07. The minimum atomic E-state index is -0.191. The summed E-state index contributed by atoms with van der Waals surface area (Å²) in [5.74, 6) is 0.412. The number of hydrogen-bond acceptors (Lipinski definition) is 3. The molecule has 0 aromatic heterocycles. The summed E-state index contributed by atoms with van der Waals surface area (Å²) in [6, 6.07) is 5.15. The van der Waals surface area contributed by atoms with E-state index in [2.05, 4.69) is 5.32 Å². The number of amides is 1. The maximum absolute atomic E-state index is 11.7. The summed E-state index contributed by atoms with van der Waals surface area (Å²) in [6.07, 6.45) is 3.36. The number of carbonyl (C=O) groups is 1. The van der Waals surface area contributed by atoms with E-state index in [0.29, 0.717) is 17.0 Å². The largest absolute Gasteiger partial charge is 0.496 e. The lowest BCUT2D eigenvalue weighted by Crippen LogP contribution is -2.10. The standard InChI is InChI=1S/C15H21NO3/c1-15(2,3)8-7-14(18)16-12-5-6-13(19-4)11(9-12)10-17/h5-9,17H,10H2,1-4H3,(H,16,18)/b8-7+. The zero-order valence-corrected chi connectivity index (χ0v) is 11.9. The molecule has 1 aromatic carbocycles. The second kappa shape index (κ2) is 6.38. The van der Waals surface area contributed by atoms with Gasteiger partial charge < -0.3 is 15.2 Å². The van der Waals surface area contributed by atoms with Crippen LogP contribution in [0.3, 0.4) is 0 Å². The average Bonchev–Trinajstić information content (AvgIpc) is 2.35. The van der Waals surface area contributed by atoms with Gasteiger partial charge in [0.1, 0.15) is 5.75 Å². The Morgan fingerprint density at radius 3 is 2.63 bits per heavy atom. The molecule has 4 heteroatoms. The number of nitrogens with one attached hydrogen (secondary N) is 1. The Morgan fingerprint density at radius 1 is 1.42 bits per heavy atom. The number of ether oxygens (including phenoxy) is 1. The second-order valence-electron chi connectivity index (χ2n) is 5.37. The van der Waals surface area contributed by atoms with E-state index in [-0.39, 0.29) is 17.9 Å². The van der Waals surface area contributed by atoms with Crippen molar-refractivity contribution in [3.8, 4) is 5.75 Å². The molecule has 4 nitrogen and oxygen atoms in total. The first-order valence-corrected chi connectivity index (χ1v) is 6.13. The van der Waals surface area contributed by atoms with Crippen molar-refractivity contribution in [1.82, 2.24) is 0 Å². The predicted octanol–water partition coefficient (Wildman–Crippen LogP) is 2.73. The molecule has 0 aliphatic carbocycles. The Kier molecular flexibility index (Phi) is 5.12. The molecule has 0 radical (unpaired) electrons. The third-order valence-corrected chi connectivity index (χ3v) is 2.45. The van der Waals surface area contributed by atoms with Crippen molar-refractivity contribution in [1.29, 1.82) is 0 Å². The van der Waals surface area contributed by atoms with Crippen LogP contribution in [0.1, 0.15) is 26.3 Å². The van der Waals surface area contributed by atoms with Gasteiger partial charge in [0, 0.05) is 11.3 Å². The Labute approximate surface area is 114 Å². The first-order valence-electron chi connectivity index (χ1n) is 6.13. The molecule has 0 saturated carbocycles. The lowest BCUT2D eigenvalue weighted by molar-refractivity contribution is -0.112. The van der Waals surface area contributed by atoms with Gasteiger partial charge in [0.2, 0.25) is 5.91 Å². The fourth-order valence-corrected chi connectivity index (χ4v) is 1.49. The number of rotatable bonds is 4. The number of carbonyl (C=O) groups excluding carboxylic acids is 1. The van der Waals surface area contributed by atoms with Gasteiger partial charge in [-0.2, -0.15) is 0 Å². The van der Waals surface area contributed by atoms with Crippen molar-refractivity contribution in [2.75, 3.05) is 12.4 Å². The molecule has 2 N–H and O–H groups in total. The lowest BCUT2D eigenvalue weighted by atomic mass is 9.96. The number of allylic oxidation sites excluding steroid dienone is 1. The fourth-order valence-electron chi connectivity index (χ4n) is 1.49. The molecule has 0 bridgehead atoms. The molecule has 0 aliphatic rings. The van der Waals surface area contributed by atoms with Crippen LogP contribution >= 0.6 is 0 Å². The number of benzene rings is 1. The highest BCUT2D eigenvalue weighted by atomic mass is 16.5. The van der Waals surface area contributed by atoms with Crippen molar-refractivity contribution in [2.45, 2.75) is 27.4 Å². The van der Waals surface area contributed by atoms with Gasteiger partial charge >= 0.3 is 0 Å². The Morgan fingerprint density at radius 2 is 2.11 bits per heavy atom. The molecular weight excluding hydrogens is 242 g/mol. The van der Waals surface area contributed by atoms with E-state index in [4.69, 9.17) is 4.74 Å². The second-order valence-corrected chi connectivity index (χ2v) is 5.37. The number of aliphatic hydroxyl groups excluding tert-OH is 1. The molecule has 0 unspecified atom stereocenters. The number of methoxy groups -OCH3 is 1. The molecule has 0 atom stereocenters. The Hall–Kier alpha value is -1.81. The highest BCUT2D eigenvalue weighted by Crippen LogP contribution is 2.22. The molecule has 1 aromatic rings. The van der Waals surface area contributed by atoms with E-state index in [1.165, 1.54) is 6.08 Å². The first-order chi connectivity index (χ1) is 8.85. The van der Waals surface area contributed by atoms with Crippen LogP contribution in [0.2, 0.25) is 0 Å². The van der Waals surface area contributed by atoms with E-state index in [1.54, 1.807) is 25.3 Å². The predicted molar refractivity (Wildman–Crippen MR) is 76.1 cm³/mol. The molecular formula is C15H21NO3. The van der Waals surface area contributed by atoms with E-state index >= 15 is 0 Å². The topological polar surface area (TPSA) is 58.6 Å². The van der Waals surface area contributed by atoms with Gasteiger partial charge in [0.05, 0.1) is 13.7 Å². The van der Waals surface area contributed by atoms with Gasteiger partial charge in [-0.25, -0.2) is 0 Å². The molecule has 0 heterocycles. The number of anilines is 1. The smallest absolute Gasteiger partial charge is 0.248 e. The molecule has 19 heavy (non-hydrogen) atoms. The van der Waals surface area contributed by atoms with Crippen LogP contribution in [-0.2, 0) is 11.4 Å². The number of hydrogen-bond donors (Lipinski definition) is 2. The molecule has 104 valence electrons. The van der Waals surface area contributed by atoms with E-state index in [9.17, 15) is 9.90 Å². The maximum Gasteiger partial charge on any atom is 0.248 e. The van der Waals surface area contributed by atoms with Gasteiger partial charge in [-0.05, 0) is 29.7 Å². The van der Waals surface area contributed by atoms with Crippen LogP contribution in [-0.4, -0.2) is 18.1 Å². The monoisotopic (exact) mass is 263 g/mol. The highest BCUT2D eigenvalue weighted by molar-refractivity contribution is 5.99. The maximum atomic E-state index is 11.7. The summed E-state index contributed by atoms with van der Waals surface area (Å²) >= 11 is 0. The average molecular weight is 263 g/mol. The summed E-state index contributed by atoms with van der Waals surface area (Å²) < 4.78 is 5.10. The summed E-state index contributed by atoms with van der Waals surface area (Å²) in [7, 11) is 1.54. The Balaban J connectivity index is 2.78. The van der Waals surface area contributed by atoms with Crippen LogP contribution in [0.4, 0.5) is 5.69 Å². The fraction of sp³-hybridized carbons (Fsp3) is 0.400. The van der Waals surface area contributed by atoms with Crippen molar-refractivity contribution >= 4 is 11.6 Å². The van der Waals surface area contributed by atoms with E-state index in [0.717, 1.165) is 0 Å². The SMILES string of the molecule is COc1ccc(NC(=O)/C=C/C(C)(C)C)cc1CO. The van der Waals surface area contributed by atoms with Crippen LogP contribution in [0.15, 0.2) is 30.4 Å². The van der Waals surface area contributed by atoms with Crippen molar-refractivity contribution in [3.05, 3.63) is 35.9 Å². The van der Waals surface area contributed by atoms with Gasteiger partial charge in [-0.15, -0.1) is 0 Å². The molecule has 0 spiro atoms. The van der Waals surface area contributed by atoms with Crippen molar-refractivity contribution in [3.63, 3.8) is 0 Å². The van der Waals surface area contributed by atoms with Gasteiger partial charge in [-0.3, -0.25) is 4.79 Å². The quantitative estimate of drug-likeness (QED) is 0.821. The lowest BCUT2D eigenvalue weighted by Gasteiger charge is -2.11. The molecule has 0 aliphatic heterocycles. The summed E-state index contributed by atoms with van der Waals surface area (Å²) in [5.41, 5.74) is 1.24. The van der Waals surface area contributed by atoms with E-state index in [1.807, 2.05) is 26.8 Å². The zero-order valence-electron chi connectivity index (χ0n) is 11.9. The van der Waals surface area contributed by atoms with Crippen LogP contribution < -0.4 is 10.1 Å². The normalized spacial score (nSPS) is 11.6. The summed E-state index contributed by atoms with van der Waals surface area (Å²) in [5, 5.41) is 12.0. The molecule has 0 fully saturated rings. The third kappa shape index (κ3) is 5.14. The molecule has 1 rings (SSSR count). The number of aliphatic hydroxyl groups is 1. The zero-order chi connectivity index (χ0) is 14.5. The van der Waals surface area contributed by atoms with Gasteiger partial charge in [0.15, 0.2) is 0 Å². The van der Waals surface area contributed by atoms with Gasteiger partial charge in [-0.1, -0.05) is 26.8 Å². The Bertz CT molecular complexity index is 473. The van der Waals surface area contributed by atoms with Crippen molar-refractivity contribution in [2.24, 2.45) is 5.41 Å². The van der Waals surface area contributed by atoms with Gasteiger partial charge in [0.25, 0.3) is 0 Å². The molecule has 1 amide bonds.